The number of hydrogen-bond donors (Lipinski definition) is 8. The molecule has 2 aliphatic heterocycles. The number of phosphoric ester groups is 2. The Morgan fingerprint density at radius 2 is 1.61 bits per heavy atom. The van der Waals surface area contributed by atoms with Crippen LogP contribution in [0.3, 0.4) is 0 Å². The predicted octanol–water partition coefficient (Wildman–Crippen LogP) is -3.02. The minimum absolute atomic E-state index is 0.0505. The fourth-order valence-electron chi connectivity index (χ4n) is 4.58. The topological polar surface area (TPSA) is 318 Å². The number of pyridine rings is 1. The molecule has 0 radical (unpaired) electrons. The highest BCUT2D eigenvalue weighted by molar-refractivity contribution is 7.61. The maximum atomic E-state index is 12.4. The fourth-order valence-corrected chi connectivity index (χ4v) is 6.67. The SMILES string of the molecule is NC(=O)c1ccc[n+]([C@H]2O[C@@H](COP(=O)(O)OP(=O)(O)OC[C@H]3O[C@@H](n4cnc5c(N)ncnc54)[C@H](O)[C@@H]3O)[C@@H](O)[C@@H]2O)c1. The minimum atomic E-state index is -5.37. The number of ether oxygens (including phenoxy) is 2. The van der Waals surface area contributed by atoms with Crippen LogP contribution in [0.1, 0.15) is 22.8 Å². The van der Waals surface area contributed by atoms with Gasteiger partial charge in [0.05, 0.1) is 19.5 Å². The van der Waals surface area contributed by atoms with Crippen molar-refractivity contribution in [1.29, 1.82) is 0 Å². The van der Waals surface area contributed by atoms with Crippen molar-refractivity contribution < 1.29 is 71.5 Å². The van der Waals surface area contributed by atoms with Gasteiger partial charge in [0, 0.05) is 6.07 Å². The van der Waals surface area contributed by atoms with E-state index in [4.69, 9.17) is 25.5 Å². The Balaban J connectivity index is 1.16. The number of phosphoric acid groups is 2. The lowest BCUT2D eigenvalue weighted by atomic mass is 10.1. The number of carbonyl (C=O) groups excluding carboxylic acids is 1. The van der Waals surface area contributed by atoms with Crippen LogP contribution >= 0.6 is 15.6 Å². The molecule has 2 fully saturated rings. The van der Waals surface area contributed by atoms with Gasteiger partial charge in [0.15, 0.2) is 36.2 Å². The zero-order chi connectivity index (χ0) is 32.0. The Bertz CT molecular complexity index is 1630. The highest BCUT2D eigenvalue weighted by Gasteiger charge is 2.50. The first kappa shape index (κ1) is 32.4. The molecule has 0 spiro atoms. The van der Waals surface area contributed by atoms with Crippen LogP contribution < -0.4 is 16.0 Å². The molecule has 0 bridgehead atoms. The van der Waals surface area contributed by atoms with Gasteiger partial charge in [-0.2, -0.15) is 8.88 Å². The number of anilines is 1. The molecule has 2 unspecified atom stereocenters. The van der Waals surface area contributed by atoms with Crippen LogP contribution in [0.4, 0.5) is 5.82 Å². The quantitative estimate of drug-likeness (QED) is 0.0747. The normalized spacial score (nSPS) is 31.6. The van der Waals surface area contributed by atoms with Crippen LogP contribution in [0.5, 0.6) is 0 Å². The average Bonchev–Trinajstić information content (AvgIpc) is 3.61. The van der Waals surface area contributed by atoms with Crippen LogP contribution in [0, 0.1) is 0 Å². The lowest BCUT2D eigenvalue weighted by molar-refractivity contribution is -0.765. The van der Waals surface area contributed by atoms with Crippen LogP contribution in [0.25, 0.3) is 11.2 Å². The summed E-state index contributed by atoms with van der Waals surface area (Å²) in [4.78, 5) is 43.3. The summed E-state index contributed by atoms with van der Waals surface area (Å²) in [5.41, 5.74) is 11.4. The van der Waals surface area contributed by atoms with E-state index in [1.54, 1.807) is 0 Å². The molecule has 3 aromatic heterocycles. The molecule has 21 nitrogen and oxygen atoms in total. The van der Waals surface area contributed by atoms with E-state index in [2.05, 4.69) is 23.8 Å². The minimum Gasteiger partial charge on any atom is -0.387 e. The number of nitrogens with two attached hydrogens (primary N) is 2. The average molecular weight is 664 g/mol. The van der Waals surface area contributed by atoms with Crippen molar-refractivity contribution in [2.24, 2.45) is 5.73 Å². The molecular formula is C21H28N7O14P2+. The highest BCUT2D eigenvalue weighted by Crippen LogP contribution is 2.60. The monoisotopic (exact) mass is 664 g/mol. The van der Waals surface area contributed by atoms with E-state index >= 15 is 0 Å². The lowest BCUT2D eigenvalue weighted by Crippen LogP contribution is -2.46. The van der Waals surface area contributed by atoms with Crippen LogP contribution in [-0.4, -0.2) is 105 Å². The number of carbonyl (C=O) groups is 1. The number of amides is 1. The van der Waals surface area contributed by atoms with Gasteiger partial charge < -0.3 is 51.2 Å². The van der Waals surface area contributed by atoms with Crippen molar-refractivity contribution in [3.05, 3.63) is 42.7 Å². The number of imidazole rings is 1. The molecular weight excluding hydrogens is 636 g/mol. The fraction of sp³-hybridized carbons (Fsp3) is 0.476. The number of rotatable bonds is 11. The Morgan fingerprint density at radius 1 is 0.977 bits per heavy atom. The van der Waals surface area contributed by atoms with Gasteiger partial charge in [0.2, 0.25) is 0 Å². The summed E-state index contributed by atoms with van der Waals surface area (Å²) in [6.07, 6.45) is -6.85. The molecule has 2 aliphatic rings. The van der Waals surface area contributed by atoms with Gasteiger partial charge in [-0.15, -0.1) is 0 Å². The van der Waals surface area contributed by atoms with Crippen molar-refractivity contribution in [2.75, 3.05) is 18.9 Å². The number of hydrogen-bond acceptors (Lipinski definition) is 16. The molecule has 10 N–H and O–H groups in total. The molecule has 10 atom stereocenters. The summed E-state index contributed by atoms with van der Waals surface area (Å²) in [5, 5.41) is 41.6. The first-order valence-corrected chi connectivity index (χ1v) is 15.6. The van der Waals surface area contributed by atoms with Crippen molar-refractivity contribution in [3.63, 3.8) is 0 Å². The van der Waals surface area contributed by atoms with Gasteiger partial charge in [-0.1, -0.05) is 0 Å². The van der Waals surface area contributed by atoms with Gasteiger partial charge >= 0.3 is 15.6 Å². The summed E-state index contributed by atoms with van der Waals surface area (Å²) in [6.45, 7) is -1.80. The number of fused-ring (bicyclic) bond motifs is 1. The smallest absolute Gasteiger partial charge is 0.387 e. The second-order valence-electron chi connectivity index (χ2n) is 9.69. The molecule has 2 saturated heterocycles. The van der Waals surface area contributed by atoms with Crippen LogP contribution in [-0.2, 0) is 32.0 Å². The first-order valence-electron chi connectivity index (χ1n) is 12.6. The molecule has 1 amide bonds. The predicted molar refractivity (Wildman–Crippen MR) is 139 cm³/mol. The first-order chi connectivity index (χ1) is 20.7. The van der Waals surface area contributed by atoms with Gasteiger partial charge in [0.1, 0.15) is 47.9 Å². The number of aliphatic hydroxyl groups excluding tert-OH is 4. The third kappa shape index (κ3) is 6.65. The standard InChI is InChI=1S/C21H27N7O14P2/c22-17-12-19(25-7-24-17)28(8-26-12)21-16(32)14(30)11(41-21)6-39-44(36,37)42-43(34,35)38-5-10-13(29)15(31)20(40-10)27-3-1-2-9(4-27)18(23)33/h1-4,7-8,10-11,13-16,20-21,29-32H,5-6H2,(H5-,22,23,24,25,33,34,35,36,37)/p+1/t10-,11+,13+,14+,15-,16+,20-,21+/m0/s1. The highest BCUT2D eigenvalue weighted by atomic mass is 31.3. The number of nitrogens with zero attached hydrogens (tertiary/aromatic N) is 5. The Hall–Kier alpha value is -3.01. The summed E-state index contributed by atoms with van der Waals surface area (Å²) >= 11 is 0. The number of aromatic nitrogens is 5. The third-order valence-corrected chi connectivity index (χ3v) is 9.35. The van der Waals surface area contributed by atoms with Gasteiger partial charge in [0.25, 0.3) is 12.1 Å². The number of aliphatic hydroxyl groups is 4. The maximum absolute atomic E-state index is 12.4. The second kappa shape index (κ2) is 12.4. The summed E-state index contributed by atoms with van der Waals surface area (Å²) in [5.74, 6) is -0.714. The zero-order valence-electron chi connectivity index (χ0n) is 22.2. The van der Waals surface area contributed by atoms with Crippen molar-refractivity contribution in [3.8, 4) is 0 Å². The largest absolute Gasteiger partial charge is 0.481 e. The number of nitrogen functional groups attached to an aromatic ring is 1. The van der Waals surface area contributed by atoms with E-state index in [0.29, 0.717) is 0 Å². The van der Waals surface area contributed by atoms with Gasteiger partial charge in [-0.05, 0) is 6.07 Å². The Morgan fingerprint density at radius 3 is 2.27 bits per heavy atom. The Kier molecular flexibility index (Phi) is 9.13. The molecule has 0 aliphatic carbocycles. The molecule has 0 saturated carbocycles. The zero-order valence-corrected chi connectivity index (χ0v) is 24.0. The van der Waals surface area contributed by atoms with Gasteiger partial charge in [-0.25, -0.2) is 24.1 Å². The summed E-state index contributed by atoms with van der Waals surface area (Å²) < 4.78 is 52.0. The Labute approximate surface area is 246 Å². The third-order valence-electron chi connectivity index (χ3n) is 6.75. The lowest BCUT2D eigenvalue weighted by Gasteiger charge is -2.20. The molecule has 0 aromatic carbocycles. The van der Waals surface area contributed by atoms with Crippen LogP contribution in [0.15, 0.2) is 37.2 Å². The van der Waals surface area contributed by atoms with E-state index in [1.165, 1.54) is 40.0 Å². The van der Waals surface area contributed by atoms with E-state index in [-0.39, 0.29) is 22.5 Å². The van der Waals surface area contributed by atoms with E-state index in [1.807, 2.05) is 0 Å². The second-order valence-corrected chi connectivity index (χ2v) is 12.7. The van der Waals surface area contributed by atoms with Crippen molar-refractivity contribution in [1.82, 2.24) is 19.5 Å². The van der Waals surface area contributed by atoms with E-state index in [0.717, 1.165) is 6.33 Å². The molecule has 5 heterocycles. The van der Waals surface area contributed by atoms with E-state index in [9.17, 15) is 44.1 Å². The molecule has 3 aromatic rings. The van der Waals surface area contributed by atoms with Gasteiger partial charge in [-0.3, -0.25) is 18.4 Å². The summed E-state index contributed by atoms with van der Waals surface area (Å²) in [6, 6.07) is 2.83. The number of primary amides is 1. The summed E-state index contributed by atoms with van der Waals surface area (Å²) in [7, 11) is -10.7. The van der Waals surface area contributed by atoms with Crippen molar-refractivity contribution >= 4 is 38.5 Å². The molecule has 23 heteroatoms. The van der Waals surface area contributed by atoms with Crippen LogP contribution in [0.2, 0.25) is 0 Å². The molecule has 240 valence electrons. The molecule has 44 heavy (non-hydrogen) atoms. The molecule has 5 rings (SSSR count). The maximum Gasteiger partial charge on any atom is 0.481 e. The van der Waals surface area contributed by atoms with E-state index < -0.39 is 83.8 Å². The van der Waals surface area contributed by atoms with Crippen molar-refractivity contribution in [2.45, 2.75) is 49.1 Å².